The summed E-state index contributed by atoms with van der Waals surface area (Å²) in [5, 5.41) is 15.4. The summed E-state index contributed by atoms with van der Waals surface area (Å²) < 4.78 is 26.2. The van der Waals surface area contributed by atoms with E-state index in [0.717, 1.165) is 50.9 Å². The first-order valence-electron chi connectivity index (χ1n) is 13.5. The Morgan fingerprint density at radius 3 is 2.10 bits per heavy atom. The molecule has 0 saturated carbocycles. The van der Waals surface area contributed by atoms with Gasteiger partial charge in [-0.15, -0.1) is 0 Å². The van der Waals surface area contributed by atoms with Gasteiger partial charge in [-0.25, -0.2) is 14.4 Å². The molecule has 0 bridgehead atoms. The Morgan fingerprint density at radius 1 is 0.833 bits per heavy atom. The topological polar surface area (TPSA) is 97.4 Å². The van der Waals surface area contributed by atoms with E-state index < -0.39 is 6.86 Å². The quantitative estimate of drug-likeness (QED) is 0.192. The largest absolute Gasteiger partial charge is 0.497 e. The van der Waals surface area contributed by atoms with E-state index in [-0.39, 0.29) is 12.6 Å². The molecular weight excluding hydrogens is 535 g/mol. The number of benzene rings is 2. The summed E-state index contributed by atoms with van der Waals surface area (Å²) in [4.78, 5) is 9.22. The van der Waals surface area contributed by atoms with Gasteiger partial charge >= 0.3 is 0 Å². The number of aliphatic hydroxyl groups is 1. The normalized spacial score (nSPS) is 11.5. The van der Waals surface area contributed by atoms with E-state index in [2.05, 4.69) is 20.6 Å². The monoisotopic (exact) mass is 568 g/mol. The highest BCUT2D eigenvalue weighted by atomic mass is 19.1. The molecule has 6 aromatic rings. The third kappa shape index (κ3) is 6.61. The lowest BCUT2D eigenvalue weighted by atomic mass is 10.1. The molecule has 0 radical (unpaired) electrons. The molecule has 216 valence electrons. The summed E-state index contributed by atoms with van der Waals surface area (Å²) in [5.41, 5.74) is 7.33. The van der Waals surface area contributed by atoms with E-state index in [1.54, 1.807) is 19.2 Å². The summed E-state index contributed by atoms with van der Waals surface area (Å²) in [5.74, 6) is 1.33. The molecule has 10 heteroatoms. The van der Waals surface area contributed by atoms with Crippen LogP contribution in [0.5, 0.6) is 11.5 Å². The van der Waals surface area contributed by atoms with Crippen molar-refractivity contribution < 1.29 is 19.0 Å². The van der Waals surface area contributed by atoms with Crippen LogP contribution in [0.3, 0.4) is 0 Å². The van der Waals surface area contributed by atoms with Crippen molar-refractivity contribution in [2.75, 3.05) is 38.3 Å². The average molecular weight is 569 g/mol. The second-order valence-electron chi connectivity index (χ2n) is 9.60. The van der Waals surface area contributed by atoms with Gasteiger partial charge < -0.3 is 34.0 Å². The van der Waals surface area contributed by atoms with Gasteiger partial charge in [0, 0.05) is 72.5 Å². The van der Waals surface area contributed by atoms with Gasteiger partial charge in [0.2, 0.25) is 6.86 Å². The van der Waals surface area contributed by atoms with Crippen LogP contribution in [0.25, 0.3) is 33.8 Å². The van der Waals surface area contributed by atoms with Crippen LogP contribution in [0.2, 0.25) is 0 Å². The number of hydrogen-bond acceptors (Lipinski definition) is 7. The first-order valence-corrected chi connectivity index (χ1v) is 13.5. The molecular formula is C32H33FN6O3. The fourth-order valence-corrected chi connectivity index (χ4v) is 4.39. The number of fused-ring (bicyclic) bond motifs is 2. The van der Waals surface area contributed by atoms with Gasteiger partial charge in [-0.2, -0.15) is 0 Å². The summed E-state index contributed by atoms with van der Waals surface area (Å²) >= 11 is 0. The number of ether oxygens (including phenoxy) is 2. The Bertz CT molecular complexity index is 1770. The summed E-state index contributed by atoms with van der Waals surface area (Å²) in [7, 11) is 3.52. The summed E-state index contributed by atoms with van der Waals surface area (Å²) in [6.07, 6.45) is 7.83. The number of imidazole rings is 2. The molecule has 2 aromatic carbocycles. The van der Waals surface area contributed by atoms with Gasteiger partial charge in [0.15, 0.2) is 0 Å². The molecule has 3 N–H and O–H groups in total. The van der Waals surface area contributed by atoms with Crippen molar-refractivity contribution in [1.82, 2.24) is 18.8 Å². The van der Waals surface area contributed by atoms with Crippen molar-refractivity contribution >= 4 is 22.7 Å². The molecule has 1 atom stereocenters. The van der Waals surface area contributed by atoms with Gasteiger partial charge in [-0.1, -0.05) is 12.1 Å². The molecule has 0 aliphatic carbocycles. The van der Waals surface area contributed by atoms with Crippen LogP contribution in [-0.4, -0.2) is 57.5 Å². The molecule has 9 nitrogen and oxygen atoms in total. The highest BCUT2D eigenvalue weighted by Crippen LogP contribution is 2.25. The molecule has 4 aromatic heterocycles. The number of rotatable bonds is 9. The second-order valence-corrected chi connectivity index (χ2v) is 9.60. The van der Waals surface area contributed by atoms with Crippen molar-refractivity contribution in [2.45, 2.75) is 13.0 Å². The number of aliphatic hydroxyl groups excluding tert-OH is 1. The Morgan fingerprint density at radius 2 is 1.48 bits per heavy atom. The number of nitrogens with zero attached hydrogens (tertiary/aromatic N) is 4. The van der Waals surface area contributed by atoms with Crippen LogP contribution < -0.4 is 20.1 Å². The molecule has 6 rings (SSSR count). The molecule has 0 fully saturated rings. The Labute approximate surface area is 243 Å². The number of anilines is 2. The van der Waals surface area contributed by atoms with E-state index >= 15 is 0 Å². The SMILES string of the molecule is CNc1ccn2cc(-c3cccc(OCF)c3)nc2c1.COc1ccc(-c2cn3ccc(NC(C)CO)cc3n2)cc1. The minimum atomic E-state index is -0.833. The van der Waals surface area contributed by atoms with E-state index in [0.29, 0.717) is 5.75 Å². The van der Waals surface area contributed by atoms with E-state index in [1.165, 1.54) is 0 Å². The standard InChI is InChI=1S/C17H19N3O2.C15H14FN3O/c1-12(11-21)18-14-7-8-20-10-16(19-17(20)9-14)13-3-5-15(22-2)6-4-13;1-17-12-5-6-19-9-14(18-15(19)8-12)11-3-2-4-13(7-11)20-10-16/h3-10,12,18,21H,11H2,1-2H3;2-9,17H,10H2,1H3. The smallest absolute Gasteiger partial charge is 0.228 e. The first kappa shape index (κ1) is 28.4. The van der Waals surface area contributed by atoms with E-state index in [9.17, 15) is 4.39 Å². The molecule has 0 amide bonds. The van der Waals surface area contributed by atoms with Crippen LogP contribution in [-0.2, 0) is 0 Å². The average Bonchev–Trinajstić information content (AvgIpc) is 3.65. The maximum Gasteiger partial charge on any atom is 0.228 e. The van der Waals surface area contributed by atoms with Crippen molar-refractivity contribution in [1.29, 1.82) is 0 Å². The number of hydrogen-bond donors (Lipinski definition) is 3. The third-order valence-corrected chi connectivity index (χ3v) is 6.63. The lowest BCUT2D eigenvalue weighted by molar-refractivity contribution is 0.192. The molecule has 0 aliphatic heterocycles. The minimum absolute atomic E-state index is 0.0125. The zero-order valence-corrected chi connectivity index (χ0v) is 23.7. The van der Waals surface area contributed by atoms with Crippen LogP contribution in [0.15, 0.2) is 97.6 Å². The first-order chi connectivity index (χ1) is 20.5. The molecule has 0 saturated heterocycles. The number of methoxy groups -OCH3 is 1. The summed E-state index contributed by atoms with van der Waals surface area (Å²) in [6.45, 7) is 1.19. The Hall–Kier alpha value is -5.09. The van der Waals surface area contributed by atoms with Gasteiger partial charge in [0.05, 0.1) is 25.1 Å². The summed E-state index contributed by atoms with van der Waals surface area (Å²) in [6, 6.07) is 23.0. The van der Waals surface area contributed by atoms with Gasteiger partial charge in [0.25, 0.3) is 0 Å². The molecule has 1 unspecified atom stereocenters. The lowest BCUT2D eigenvalue weighted by Gasteiger charge is -2.11. The zero-order chi connectivity index (χ0) is 29.5. The van der Waals surface area contributed by atoms with Gasteiger partial charge in [-0.05, 0) is 55.5 Å². The number of halogens is 1. The highest BCUT2D eigenvalue weighted by Gasteiger charge is 2.08. The third-order valence-electron chi connectivity index (χ3n) is 6.63. The van der Waals surface area contributed by atoms with Gasteiger partial charge in [-0.3, -0.25) is 0 Å². The van der Waals surface area contributed by atoms with E-state index in [4.69, 9.17) is 14.6 Å². The molecule has 4 heterocycles. The fraction of sp³-hybridized carbons (Fsp3) is 0.188. The van der Waals surface area contributed by atoms with Gasteiger partial charge in [0.1, 0.15) is 22.8 Å². The van der Waals surface area contributed by atoms with Crippen LogP contribution in [0.1, 0.15) is 6.92 Å². The van der Waals surface area contributed by atoms with Crippen molar-refractivity contribution in [2.24, 2.45) is 0 Å². The zero-order valence-electron chi connectivity index (χ0n) is 23.7. The molecule has 42 heavy (non-hydrogen) atoms. The second kappa shape index (κ2) is 13.0. The van der Waals surface area contributed by atoms with Crippen molar-refractivity contribution in [3.8, 4) is 34.0 Å². The number of nitrogens with one attached hydrogen (secondary N) is 2. The van der Waals surface area contributed by atoms with E-state index in [1.807, 2.05) is 108 Å². The van der Waals surface area contributed by atoms with Crippen LogP contribution in [0.4, 0.5) is 15.8 Å². The fourth-order valence-electron chi connectivity index (χ4n) is 4.39. The maximum absolute atomic E-state index is 12.2. The Kier molecular flexibility index (Phi) is 8.84. The highest BCUT2D eigenvalue weighted by molar-refractivity contribution is 5.67. The van der Waals surface area contributed by atoms with Crippen molar-refractivity contribution in [3.05, 3.63) is 97.6 Å². The predicted octanol–water partition coefficient (Wildman–Crippen LogP) is 6.15. The Balaban J connectivity index is 0.000000169. The van der Waals surface area contributed by atoms with Crippen LogP contribution in [0, 0.1) is 0 Å². The molecule has 0 aliphatic rings. The molecule has 0 spiro atoms. The number of alkyl halides is 1. The van der Waals surface area contributed by atoms with Crippen molar-refractivity contribution in [3.63, 3.8) is 0 Å². The lowest BCUT2D eigenvalue weighted by Crippen LogP contribution is -2.19. The number of aromatic nitrogens is 4. The maximum atomic E-state index is 12.2. The van der Waals surface area contributed by atoms with Crippen LogP contribution >= 0.6 is 0 Å². The number of pyridine rings is 2. The minimum Gasteiger partial charge on any atom is -0.497 e. The predicted molar refractivity (Wildman–Crippen MR) is 164 cm³/mol.